The maximum Gasteiger partial charge on any atom is 0.461 e. The number of hydrogen-bond donors (Lipinski definition) is 0. The predicted molar refractivity (Wildman–Crippen MR) is 134 cm³/mol. The van der Waals surface area contributed by atoms with E-state index in [0.29, 0.717) is 11.7 Å². The van der Waals surface area contributed by atoms with Gasteiger partial charge in [-0.05, 0) is 91.4 Å². The fourth-order valence-electron chi connectivity index (χ4n) is 4.85. The Hall–Kier alpha value is -1.53. The molecular formula is C27H44BNO4. The minimum atomic E-state index is -0.460. The highest BCUT2D eigenvalue weighted by molar-refractivity contribution is 6.47. The lowest BCUT2D eigenvalue weighted by atomic mass is 9.60. The molecule has 3 rings (SSSR count). The summed E-state index contributed by atoms with van der Waals surface area (Å²) in [5.74, 6) is 0.817. The van der Waals surface area contributed by atoms with Gasteiger partial charge in [-0.25, -0.2) is 4.79 Å². The Labute approximate surface area is 201 Å². The van der Waals surface area contributed by atoms with Crippen LogP contribution in [0.1, 0.15) is 86.1 Å². The number of rotatable bonds is 7. The molecule has 0 saturated carbocycles. The van der Waals surface area contributed by atoms with Crippen molar-refractivity contribution in [1.29, 1.82) is 0 Å². The molecule has 6 heteroatoms. The van der Waals surface area contributed by atoms with E-state index < -0.39 is 5.60 Å². The number of nitrogens with zero attached hydrogens (tertiary/aromatic N) is 1. The number of piperidine rings is 1. The van der Waals surface area contributed by atoms with Crippen LogP contribution in [-0.2, 0) is 20.5 Å². The standard InChI is InChI=1S/C27H44BNO4/c1-25(2,3)31-24(30)29-19-17-22(18-20-29)23(28-32-26(4,5)27(6,7)33-28)16-12-11-15-21-13-9-8-10-14-21/h8-10,13-14,22-23H,11-12,15-20H2,1-7H3/t23-/m0/s1. The van der Waals surface area contributed by atoms with Crippen LogP contribution in [0.25, 0.3) is 0 Å². The first-order valence-corrected chi connectivity index (χ1v) is 12.8. The molecule has 1 aromatic carbocycles. The second kappa shape index (κ2) is 10.4. The molecule has 0 N–H and O–H groups in total. The molecule has 2 saturated heterocycles. The topological polar surface area (TPSA) is 48.0 Å². The molecular weight excluding hydrogens is 413 g/mol. The van der Waals surface area contributed by atoms with Gasteiger partial charge in [0.15, 0.2) is 0 Å². The van der Waals surface area contributed by atoms with Gasteiger partial charge >= 0.3 is 13.2 Å². The Balaban J connectivity index is 1.60. The van der Waals surface area contributed by atoms with Crippen molar-refractivity contribution < 1.29 is 18.8 Å². The van der Waals surface area contributed by atoms with Gasteiger partial charge in [0.05, 0.1) is 11.2 Å². The summed E-state index contributed by atoms with van der Waals surface area (Å²) < 4.78 is 18.6. The summed E-state index contributed by atoms with van der Waals surface area (Å²) >= 11 is 0. The zero-order valence-electron chi connectivity index (χ0n) is 21.9. The molecule has 2 aliphatic heterocycles. The Kier molecular flexibility index (Phi) is 8.21. The lowest BCUT2D eigenvalue weighted by molar-refractivity contribution is 0.00578. The average molecular weight is 457 g/mol. The molecule has 0 bridgehead atoms. The summed E-state index contributed by atoms with van der Waals surface area (Å²) in [6.45, 7) is 15.7. The highest BCUT2D eigenvalue weighted by Gasteiger charge is 2.54. The van der Waals surface area contributed by atoms with E-state index in [1.165, 1.54) is 5.56 Å². The van der Waals surface area contributed by atoms with Crippen molar-refractivity contribution in [1.82, 2.24) is 4.90 Å². The van der Waals surface area contributed by atoms with Crippen molar-refractivity contribution in [3.8, 4) is 0 Å². The highest BCUT2D eigenvalue weighted by atomic mass is 16.7. The molecule has 5 nitrogen and oxygen atoms in total. The summed E-state index contributed by atoms with van der Waals surface area (Å²) in [6, 6.07) is 10.7. The van der Waals surface area contributed by atoms with Crippen LogP contribution in [0.5, 0.6) is 0 Å². The fraction of sp³-hybridized carbons (Fsp3) is 0.741. The van der Waals surface area contributed by atoms with E-state index in [2.05, 4.69) is 58.0 Å². The number of benzene rings is 1. The first kappa shape index (κ1) is 26.1. The van der Waals surface area contributed by atoms with E-state index in [9.17, 15) is 4.79 Å². The van der Waals surface area contributed by atoms with Crippen LogP contribution in [0, 0.1) is 5.92 Å². The first-order valence-electron chi connectivity index (χ1n) is 12.8. The van der Waals surface area contributed by atoms with E-state index in [0.717, 1.165) is 51.6 Å². The first-order chi connectivity index (χ1) is 15.4. The molecule has 0 spiro atoms. The van der Waals surface area contributed by atoms with Gasteiger partial charge in [0.25, 0.3) is 0 Å². The van der Waals surface area contributed by atoms with Gasteiger partial charge in [-0.15, -0.1) is 0 Å². The lowest BCUT2D eigenvalue weighted by Crippen LogP contribution is -2.44. The smallest absolute Gasteiger partial charge is 0.444 e. The van der Waals surface area contributed by atoms with E-state index in [1.54, 1.807) is 0 Å². The Morgan fingerprint density at radius 2 is 1.64 bits per heavy atom. The van der Waals surface area contributed by atoms with Gasteiger partial charge in [0.2, 0.25) is 0 Å². The monoisotopic (exact) mass is 457 g/mol. The normalized spacial score (nSPS) is 21.8. The number of likely N-dealkylation sites (tertiary alicyclic amines) is 1. The van der Waals surface area contributed by atoms with Crippen molar-refractivity contribution in [2.24, 2.45) is 5.92 Å². The van der Waals surface area contributed by atoms with Crippen LogP contribution >= 0.6 is 0 Å². The molecule has 0 radical (unpaired) electrons. The van der Waals surface area contributed by atoms with Gasteiger partial charge in [-0.2, -0.15) is 0 Å². The van der Waals surface area contributed by atoms with E-state index in [1.807, 2.05) is 25.7 Å². The molecule has 0 aliphatic carbocycles. The van der Waals surface area contributed by atoms with Gasteiger partial charge in [0, 0.05) is 13.1 Å². The SMILES string of the molecule is CC(C)(C)OC(=O)N1CCC([C@H](CCCCc2ccccc2)B2OC(C)(C)C(C)(C)O2)CC1. The summed E-state index contributed by atoms with van der Waals surface area (Å²) in [5.41, 5.74) is 0.294. The highest BCUT2D eigenvalue weighted by Crippen LogP contribution is 2.45. The Morgan fingerprint density at radius 1 is 1.06 bits per heavy atom. The molecule has 0 unspecified atom stereocenters. The Bertz CT molecular complexity index is 750. The minimum Gasteiger partial charge on any atom is -0.444 e. The summed E-state index contributed by atoms with van der Waals surface area (Å²) in [6.07, 6.45) is 6.23. The molecule has 1 amide bonds. The number of aryl methyl sites for hydroxylation is 1. The zero-order valence-corrected chi connectivity index (χ0v) is 21.9. The fourth-order valence-corrected chi connectivity index (χ4v) is 4.85. The van der Waals surface area contributed by atoms with Crippen molar-refractivity contribution in [3.63, 3.8) is 0 Å². The molecule has 2 aliphatic rings. The summed E-state index contributed by atoms with van der Waals surface area (Å²) in [7, 11) is -0.190. The molecule has 1 atom stereocenters. The molecule has 184 valence electrons. The van der Waals surface area contributed by atoms with Crippen LogP contribution in [0.15, 0.2) is 30.3 Å². The predicted octanol–water partition coefficient (Wildman–Crippen LogP) is 6.51. The Morgan fingerprint density at radius 3 is 2.18 bits per heavy atom. The molecule has 33 heavy (non-hydrogen) atoms. The van der Waals surface area contributed by atoms with Crippen LogP contribution in [0.2, 0.25) is 5.82 Å². The quantitative estimate of drug-likeness (QED) is 0.346. The molecule has 0 aromatic heterocycles. The number of hydrogen-bond acceptors (Lipinski definition) is 4. The van der Waals surface area contributed by atoms with Crippen molar-refractivity contribution in [2.75, 3.05) is 13.1 Å². The van der Waals surface area contributed by atoms with Gasteiger partial charge < -0.3 is 18.9 Å². The van der Waals surface area contributed by atoms with Crippen LogP contribution in [-0.4, -0.2) is 48.0 Å². The van der Waals surface area contributed by atoms with Gasteiger partial charge in [-0.1, -0.05) is 43.2 Å². The third-order valence-electron chi connectivity index (χ3n) is 7.51. The average Bonchev–Trinajstić information content (AvgIpc) is 2.94. The third-order valence-corrected chi connectivity index (χ3v) is 7.51. The molecule has 2 heterocycles. The zero-order chi connectivity index (χ0) is 24.3. The third kappa shape index (κ3) is 6.99. The van der Waals surface area contributed by atoms with Gasteiger partial charge in [0.1, 0.15) is 5.60 Å². The minimum absolute atomic E-state index is 0.190. The largest absolute Gasteiger partial charge is 0.461 e. The van der Waals surface area contributed by atoms with Crippen molar-refractivity contribution in [2.45, 2.75) is 110 Å². The van der Waals surface area contributed by atoms with Crippen LogP contribution in [0.3, 0.4) is 0 Å². The molecule has 1 aromatic rings. The second-order valence-corrected chi connectivity index (χ2v) is 11.8. The van der Waals surface area contributed by atoms with Crippen molar-refractivity contribution >= 4 is 13.2 Å². The number of carbonyl (C=O) groups is 1. The van der Waals surface area contributed by atoms with E-state index in [4.69, 9.17) is 14.0 Å². The van der Waals surface area contributed by atoms with Crippen LogP contribution < -0.4 is 0 Å². The summed E-state index contributed by atoms with van der Waals surface area (Å²) in [4.78, 5) is 14.4. The lowest BCUT2D eigenvalue weighted by Gasteiger charge is -2.37. The number of unbranched alkanes of at least 4 members (excludes halogenated alkanes) is 1. The maximum absolute atomic E-state index is 12.5. The van der Waals surface area contributed by atoms with Crippen molar-refractivity contribution in [3.05, 3.63) is 35.9 Å². The van der Waals surface area contributed by atoms with E-state index in [-0.39, 0.29) is 24.4 Å². The number of amides is 1. The number of carbonyl (C=O) groups excluding carboxylic acids is 1. The maximum atomic E-state index is 12.5. The second-order valence-electron chi connectivity index (χ2n) is 11.8. The van der Waals surface area contributed by atoms with E-state index >= 15 is 0 Å². The summed E-state index contributed by atoms with van der Waals surface area (Å²) in [5, 5.41) is 0. The van der Waals surface area contributed by atoms with Crippen LogP contribution in [0.4, 0.5) is 4.79 Å². The van der Waals surface area contributed by atoms with Gasteiger partial charge in [-0.3, -0.25) is 0 Å². The molecule has 2 fully saturated rings. The number of ether oxygens (including phenoxy) is 1.